The van der Waals surface area contributed by atoms with Gasteiger partial charge in [0.05, 0.1) is 25.5 Å². The lowest BCUT2D eigenvalue weighted by atomic mass is 10.1. The van der Waals surface area contributed by atoms with Gasteiger partial charge in [0.15, 0.2) is 17.2 Å². The minimum Gasteiger partial charge on any atom is -0.480 e. The van der Waals surface area contributed by atoms with Gasteiger partial charge in [0.2, 0.25) is 5.88 Å². The predicted octanol–water partition coefficient (Wildman–Crippen LogP) is 4.31. The van der Waals surface area contributed by atoms with Crippen LogP contribution < -0.4 is 10.3 Å². The minimum atomic E-state index is -4.53. The molecule has 0 spiro atoms. The van der Waals surface area contributed by atoms with E-state index in [1.54, 1.807) is 37.4 Å². The SMILES string of the molecule is COc1ncnc(C2CC2)c1-c1ncc2nc(C)c(=O)n(Cc3ccc(-c4nc(C(F)(F)F)cn4C)cc3)c2n1. The zero-order chi connectivity index (χ0) is 28.2. The van der Waals surface area contributed by atoms with Crippen molar-refractivity contribution in [3.8, 4) is 28.7 Å². The summed E-state index contributed by atoms with van der Waals surface area (Å²) in [7, 11) is 3.03. The van der Waals surface area contributed by atoms with Crippen molar-refractivity contribution in [2.75, 3.05) is 7.11 Å². The fraction of sp³-hybridized carbons (Fsp3) is 0.296. The average molecular weight is 549 g/mol. The lowest BCUT2D eigenvalue weighted by Crippen LogP contribution is -2.25. The van der Waals surface area contributed by atoms with Crippen LogP contribution in [-0.4, -0.2) is 46.1 Å². The molecule has 4 aromatic heterocycles. The number of ether oxygens (including phenoxy) is 1. The van der Waals surface area contributed by atoms with E-state index in [1.807, 2.05) is 0 Å². The van der Waals surface area contributed by atoms with Gasteiger partial charge >= 0.3 is 6.18 Å². The van der Waals surface area contributed by atoms with Crippen LogP contribution >= 0.6 is 0 Å². The molecule has 0 atom stereocenters. The van der Waals surface area contributed by atoms with Crippen molar-refractivity contribution in [2.24, 2.45) is 7.05 Å². The monoisotopic (exact) mass is 548 g/mol. The summed E-state index contributed by atoms with van der Waals surface area (Å²) in [6, 6.07) is 6.83. The first kappa shape index (κ1) is 25.6. The average Bonchev–Trinajstić information content (AvgIpc) is 3.71. The number of alkyl halides is 3. The summed E-state index contributed by atoms with van der Waals surface area (Å²) in [5, 5.41) is 0. The normalized spacial score (nSPS) is 13.7. The van der Waals surface area contributed by atoms with Gasteiger partial charge in [-0.05, 0) is 25.3 Å². The summed E-state index contributed by atoms with van der Waals surface area (Å²) in [4.78, 5) is 39.3. The molecule has 0 N–H and O–H groups in total. The van der Waals surface area contributed by atoms with Crippen LogP contribution in [0.3, 0.4) is 0 Å². The molecule has 0 unspecified atom stereocenters. The number of imidazole rings is 1. The molecule has 40 heavy (non-hydrogen) atoms. The molecule has 10 nitrogen and oxygen atoms in total. The van der Waals surface area contributed by atoms with Crippen LogP contribution in [0.15, 0.2) is 47.8 Å². The van der Waals surface area contributed by atoms with E-state index in [-0.39, 0.29) is 29.5 Å². The van der Waals surface area contributed by atoms with Gasteiger partial charge in [0.1, 0.15) is 28.9 Å². The molecule has 13 heteroatoms. The van der Waals surface area contributed by atoms with Crippen LogP contribution in [-0.2, 0) is 19.8 Å². The highest BCUT2D eigenvalue weighted by Crippen LogP contribution is 2.44. The summed E-state index contributed by atoms with van der Waals surface area (Å²) < 4.78 is 47.7. The van der Waals surface area contributed by atoms with Crippen molar-refractivity contribution in [1.82, 2.24) is 39.0 Å². The number of methoxy groups -OCH3 is 1. The molecule has 0 bridgehead atoms. The van der Waals surface area contributed by atoms with Crippen molar-refractivity contribution >= 4 is 11.2 Å². The Morgan fingerprint density at radius 2 is 1.80 bits per heavy atom. The van der Waals surface area contributed by atoms with Crippen LogP contribution in [0.2, 0.25) is 0 Å². The molecular formula is C27H23F3N8O2. The molecule has 0 saturated heterocycles. The summed E-state index contributed by atoms with van der Waals surface area (Å²) in [5.74, 6) is 1.14. The second kappa shape index (κ2) is 9.50. The Morgan fingerprint density at radius 1 is 1.05 bits per heavy atom. The molecule has 0 aliphatic heterocycles. The first-order chi connectivity index (χ1) is 19.1. The van der Waals surface area contributed by atoms with Crippen molar-refractivity contribution in [3.63, 3.8) is 0 Å². The molecule has 0 radical (unpaired) electrons. The zero-order valence-corrected chi connectivity index (χ0v) is 21.8. The number of nitrogens with zero attached hydrogens (tertiary/aromatic N) is 8. The first-order valence-corrected chi connectivity index (χ1v) is 12.5. The van der Waals surface area contributed by atoms with Gasteiger partial charge in [-0.1, -0.05) is 24.3 Å². The smallest absolute Gasteiger partial charge is 0.434 e. The molecule has 4 heterocycles. The molecule has 5 aromatic rings. The van der Waals surface area contributed by atoms with E-state index in [4.69, 9.17) is 9.72 Å². The van der Waals surface area contributed by atoms with E-state index in [1.165, 1.54) is 29.6 Å². The number of aromatic nitrogens is 8. The van der Waals surface area contributed by atoms with Gasteiger partial charge in [-0.3, -0.25) is 9.36 Å². The molecule has 0 amide bonds. The number of aryl methyl sites for hydroxylation is 2. The summed E-state index contributed by atoms with van der Waals surface area (Å²) in [6.07, 6.45) is 1.43. The number of halogens is 3. The molecule has 1 aromatic carbocycles. The quantitative estimate of drug-likeness (QED) is 0.309. The lowest BCUT2D eigenvalue weighted by Gasteiger charge is -2.14. The van der Waals surface area contributed by atoms with Gasteiger partial charge in [-0.15, -0.1) is 0 Å². The summed E-state index contributed by atoms with van der Waals surface area (Å²) in [5.41, 5.74) is 2.42. The van der Waals surface area contributed by atoms with E-state index in [0.717, 1.165) is 30.3 Å². The van der Waals surface area contributed by atoms with Gasteiger partial charge < -0.3 is 9.30 Å². The van der Waals surface area contributed by atoms with Crippen molar-refractivity contribution in [3.05, 3.63) is 76.0 Å². The van der Waals surface area contributed by atoms with Crippen LogP contribution in [0.25, 0.3) is 33.9 Å². The van der Waals surface area contributed by atoms with Crippen LogP contribution in [0.4, 0.5) is 13.2 Å². The maximum atomic E-state index is 13.2. The zero-order valence-electron chi connectivity index (χ0n) is 21.8. The molecule has 204 valence electrons. The predicted molar refractivity (Wildman–Crippen MR) is 139 cm³/mol. The molecular weight excluding hydrogens is 525 g/mol. The first-order valence-electron chi connectivity index (χ1n) is 12.5. The number of hydrogen-bond donors (Lipinski definition) is 0. The number of rotatable bonds is 6. The van der Waals surface area contributed by atoms with Crippen LogP contribution in [0.5, 0.6) is 5.88 Å². The van der Waals surface area contributed by atoms with E-state index < -0.39 is 11.9 Å². The van der Waals surface area contributed by atoms with E-state index in [0.29, 0.717) is 34.0 Å². The minimum absolute atomic E-state index is 0.154. The Kier molecular flexibility index (Phi) is 6.08. The molecule has 1 fully saturated rings. The fourth-order valence-electron chi connectivity index (χ4n) is 4.66. The van der Waals surface area contributed by atoms with E-state index in [2.05, 4.69) is 24.9 Å². The highest BCUT2D eigenvalue weighted by molar-refractivity contribution is 5.75. The summed E-state index contributed by atoms with van der Waals surface area (Å²) in [6.45, 7) is 1.77. The third kappa shape index (κ3) is 4.56. The van der Waals surface area contributed by atoms with Gasteiger partial charge in [0.25, 0.3) is 5.56 Å². The molecule has 6 rings (SSSR count). The number of fused-ring (bicyclic) bond motifs is 1. The van der Waals surface area contributed by atoms with Gasteiger partial charge in [0, 0.05) is 24.7 Å². The van der Waals surface area contributed by atoms with Crippen molar-refractivity contribution in [1.29, 1.82) is 0 Å². The van der Waals surface area contributed by atoms with E-state index in [9.17, 15) is 18.0 Å². The van der Waals surface area contributed by atoms with Crippen LogP contribution in [0.1, 0.15) is 41.4 Å². The van der Waals surface area contributed by atoms with Gasteiger partial charge in [-0.25, -0.2) is 29.9 Å². The topological polar surface area (TPSA) is 114 Å². The Hall–Kier alpha value is -4.68. The second-order valence-corrected chi connectivity index (χ2v) is 9.66. The molecule has 1 saturated carbocycles. The Morgan fingerprint density at radius 3 is 2.45 bits per heavy atom. The maximum absolute atomic E-state index is 13.2. The highest BCUT2D eigenvalue weighted by atomic mass is 19.4. The van der Waals surface area contributed by atoms with Crippen molar-refractivity contribution in [2.45, 2.75) is 38.4 Å². The third-order valence-electron chi connectivity index (χ3n) is 6.79. The maximum Gasteiger partial charge on any atom is 0.434 e. The number of hydrogen-bond acceptors (Lipinski definition) is 8. The van der Waals surface area contributed by atoms with Crippen LogP contribution in [0, 0.1) is 6.92 Å². The summed E-state index contributed by atoms with van der Waals surface area (Å²) >= 11 is 0. The lowest BCUT2D eigenvalue weighted by molar-refractivity contribution is -0.140. The molecule has 1 aliphatic rings. The Bertz CT molecular complexity index is 1810. The third-order valence-corrected chi connectivity index (χ3v) is 6.79. The standard InChI is InChI=1S/C27H23F3N8O2/c1-14-26(39)38(11-15-4-6-17(7-5-15)23-35-19(12-37(23)2)27(28,29)30)24-18(34-14)10-31-22(36-24)20-21(16-8-9-16)32-13-33-25(20)40-3/h4-7,10,12-13,16H,8-9,11H2,1-3H3. The molecule has 1 aliphatic carbocycles. The fourth-order valence-corrected chi connectivity index (χ4v) is 4.66. The Balaban J connectivity index is 1.40. The Labute approximate surface area is 225 Å². The second-order valence-electron chi connectivity index (χ2n) is 9.66. The van der Waals surface area contributed by atoms with Gasteiger partial charge in [-0.2, -0.15) is 13.2 Å². The largest absolute Gasteiger partial charge is 0.480 e. The number of benzene rings is 1. The highest BCUT2D eigenvalue weighted by Gasteiger charge is 2.34. The van der Waals surface area contributed by atoms with Crippen molar-refractivity contribution < 1.29 is 17.9 Å². The van der Waals surface area contributed by atoms with E-state index >= 15 is 0 Å².